The molecule has 0 bridgehead atoms. The summed E-state index contributed by atoms with van der Waals surface area (Å²) in [5.41, 5.74) is 4.82. The first-order valence-electron chi connectivity index (χ1n) is 6.45. The maximum atomic E-state index is 2.39. The summed E-state index contributed by atoms with van der Waals surface area (Å²) in [6, 6.07) is 10.9. The van der Waals surface area contributed by atoms with Gasteiger partial charge in [-0.15, -0.1) is 0 Å². The minimum absolute atomic E-state index is 0.783. The number of hydrogen-bond donors (Lipinski definition) is 0. The highest BCUT2D eigenvalue weighted by Gasteiger charge is 2.26. The van der Waals surface area contributed by atoms with E-state index in [4.69, 9.17) is 0 Å². The van der Waals surface area contributed by atoms with Crippen LogP contribution in [0.4, 0.5) is 0 Å². The van der Waals surface area contributed by atoms with Gasteiger partial charge in [0.2, 0.25) is 0 Å². The molecule has 0 N–H and O–H groups in total. The Morgan fingerprint density at radius 1 is 1.19 bits per heavy atom. The van der Waals surface area contributed by atoms with Gasteiger partial charge in [0.1, 0.15) is 0 Å². The van der Waals surface area contributed by atoms with Crippen LogP contribution in [-0.4, -0.2) is 0 Å². The average molecular weight is 214 g/mol. The van der Waals surface area contributed by atoms with Gasteiger partial charge in [-0.25, -0.2) is 0 Å². The van der Waals surface area contributed by atoms with Crippen molar-refractivity contribution in [3.8, 4) is 0 Å². The predicted octanol–water partition coefficient (Wildman–Crippen LogP) is 4.61. The molecule has 1 aliphatic rings. The van der Waals surface area contributed by atoms with Crippen LogP contribution >= 0.6 is 0 Å². The van der Waals surface area contributed by atoms with Crippen molar-refractivity contribution < 1.29 is 0 Å². The highest BCUT2D eigenvalue weighted by Crippen LogP contribution is 2.39. The zero-order valence-corrected chi connectivity index (χ0v) is 10.7. The van der Waals surface area contributed by atoms with Gasteiger partial charge in [0.15, 0.2) is 0 Å². The Bertz CT molecular complexity index is 372. The van der Waals surface area contributed by atoms with Gasteiger partial charge in [-0.05, 0) is 43.6 Å². The zero-order valence-electron chi connectivity index (χ0n) is 10.7. The molecule has 0 nitrogen and oxygen atoms in total. The highest BCUT2D eigenvalue weighted by molar-refractivity contribution is 5.30. The van der Waals surface area contributed by atoms with Gasteiger partial charge in [0.25, 0.3) is 0 Å². The molecule has 0 heteroatoms. The summed E-state index contributed by atoms with van der Waals surface area (Å²) in [4.78, 5) is 0. The fourth-order valence-electron chi connectivity index (χ4n) is 3.00. The first-order valence-corrected chi connectivity index (χ1v) is 6.45. The summed E-state index contributed by atoms with van der Waals surface area (Å²) >= 11 is 0. The molecule has 2 rings (SSSR count). The van der Waals surface area contributed by atoms with Crippen LogP contribution in [0.1, 0.15) is 39.2 Å². The number of hydrogen-bond acceptors (Lipinski definition) is 0. The van der Waals surface area contributed by atoms with E-state index in [0.29, 0.717) is 0 Å². The van der Waals surface area contributed by atoms with Gasteiger partial charge in [0, 0.05) is 0 Å². The van der Waals surface area contributed by atoms with Crippen molar-refractivity contribution in [1.82, 2.24) is 0 Å². The van der Waals surface area contributed by atoms with Crippen LogP contribution in [-0.2, 0) is 6.42 Å². The normalized spacial score (nSPS) is 25.2. The molecule has 16 heavy (non-hydrogen) atoms. The Morgan fingerprint density at radius 2 is 1.88 bits per heavy atom. The highest BCUT2D eigenvalue weighted by atomic mass is 14.3. The first kappa shape index (κ1) is 11.4. The quantitative estimate of drug-likeness (QED) is 0.644. The molecule has 1 aromatic rings. The molecule has 0 saturated heterocycles. The Kier molecular flexibility index (Phi) is 3.48. The van der Waals surface area contributed by atoms with E-state index in [9.17, 15) is 0 Å². The third-order valence-electron chi connectivity index (χ3n) is 4.08. The van der Waals surface area contributed by atoms with Gasteiger partial charge >= 0.3 is 0 Å². The van der Waals surface area contributed by atoms with Crippen LogP contribution in [0.2, 0.25) is 0 Å². The fourth-order valence-corrected chi connectivity index (χ4v) is 3.00. The molecule has 0 heterocycles. The summed E-state index contributed by atoms with van der Waals surface area (Å²) < 4.78 is 0. The molecule has 1 aromatic carbocycles. The van der Waals surface area contributed by atoms with E-state index in [0.717, 1.165) is 18.3 Å². The summed E-state index contributed by atoms with van der Waals surface area (Å²) in [6.07, 6.45) is 3.82. The van der Waals surface area contributed by atoms with E-state index in [1.807, 2.05) is 0 Å². The van der Waals surface area contributed by atoms with Crippen molar-refractivity contribution in [3.05, 3.63) is 47.0 Å². The lowest BCUT2D eigenvalue weighted by Crippen LogP contribution is -1.98. The molecular weight excluding hydrogens is 192 g/mol. The van der Waals surface area contributed by atoms with Gasteiger partial charge in [-0.1, -0.05) is 55.3 Å². The molecule has 0 saturated carbocycles. The molecule has 0 spiro atoms. The number of rotatable bonds is 3. The molecule has 0 aliphatic heterocycles. The summed E-state index contributed by atoms with van der Waals surface area (Å²) in [5.74, 6) is 1.62. The molecule has 2 atom stereocenters. The van der Waals surface area contributed by atoms with Crippen molar-refractivity contribution in [2.24, 2.45) is 11.8 Å². The van der Waals surface area contributed by atoms with Gasteiger partial charge in [0.05, 0.1) is 0 Å². The Morgan fingerprint density at radius 3 is 2.44 bits per heavy atom. The molecule has 1 aliphatic carbocycles. The molecule has 0 radical (unpaired) electrons. The zero-order chi connectivity index (χ0) is 11.5. The minimum atomic E-state index is 0.783. The molecule has 2 unspecified atom stereocenters. The summed E-state index contributed by atoms with van der Waals surface area (Å²) in [7, 11) is 0. The average Bonchev–Trinajstić information content (AvgIpc) is 2.58. The molecule has 86 valence electrons. The Balaban J connectivity index is 2.18. The van der Waals surface area contributed by atoms with Crippen LogP contribution in [0.25, 0.3) is 0 Å². The Labute approximate surface area is 99.4 Å². The second kappa shape index (κ2) is 4.86. The number of benzene rings is 1. The van der Waals surface area contributed by atoms with E-state index >= 15 is 0 Å². The molecular formula is C16H22. The minimum Gasteiger partial charge on any atom is -0.0704 e. The van der Waals surface area contributed by atoms with E-state index in [-0.39, 0.29) is 0 Å². The van der Waals surface area contributed by atoms with Crippen molar-refractivity contribution in [2.45, 2.75) is 40.0 Å². The van der Waals surface area contributed by atoms with E-state index in [2.05, 4.69) is 51.1 Å². The second-order valence-electron chi connectivity index (χ2n) is 5.11. The lowest BCUT2D eigenvalue weighted by Gasteiger charge is -2.10. The van der Waals surface area contributed by atoms with Crippen LogP contribution in [0.5, 0.6) is 0 Å². The van der Waals surface area contributed by atoms with Crippen molar-refractivity contribution in [2.75, 3.05) is 0 Å². The monoisotopic (exact) mass is 214 g/mol. The predicted molar refractivity (Wildman–Crippen MR) is 70.4 cm³/mol. The van der Waals surface area contributed by atoms with Crippen LogP contribution in [0, 0.1) is 11.8 Å². The third kappa shape index (κ3) is 2.21. The van der Waals surface area contributed by atoms with Crippen molar-refractivity contribution >= 4 is 0 Å². The first-order chi connectivity index (χ1) is 7.72. The number of allylic oxidation sites excluding steroid dienone is 2. The summed E-state index contributed by atoms with van der Waals surface area (Å²) in [6.45, 7) is 7.04. The van der Waals surface area contributed by atoms with Gasteiger partial charge in [-0.3, -0.25) is 0 Å². The lowest BCUT2D eigenvalue weighted by molar-refractivity contribution is 0.515. The third-order valence-corrected chi connectivity index (χ3v) is 4.08. The molecule has 0 aromatic heterocycles. The van der Waals surface area contributed by atoms with E-state index < -0.39 is 0 Å². The molecule has 0 fully saturated rings. The van der Waals surface area contributed by atoms with Gasteiger partial charge in [-0.2, -0.15) is 0 Å². The van der Waals surface area contributed by atoms with Crippen molar-refractivity contribution in [1.29, 1.82) is 0 Å². The standard InChI is InChI=1S/C16H22/c1-4-15-10-12(2)16(13(15)3)11-14-8-6-5-7-9-14/h5-9,12,15H,4,10-11H2,1-3H3. The smallest absolute Gasteiger partial charge is 0.00618 e. The molecule has 0 amide bonds. The van der Waals surface area contributed by atoms with Gasteiger partial charge < -0.3 is 0 Å². The van der Waals surface area contributed by atoms with Crippen LogP contribution < -0.4 is 0 Å². The second-order valence-corrected chi connectivity index (χ2v) is 5.11. The van der Waals surface area contributed by atoms with E-state index in [1.165, 1.54) is 18.4 Å². The summed E-state index contributed by atoms with van der Waals surface area (Å²) in [5, 5.41) is 0. The van der Waals surface area contributed by atoms with Crippen LogP contribution in [0.15, 0.2) is 41.5 Å². The topological polar surface area (TPSA) is 0 Å². The van der Waals surface area contributed by atoms with Crippen molar-refractivity contribution in [3.63, 3.8) is 0 Å². The lowest BCUT2D eigenvalue weighted by atomic mass is 9.96. The Hall–Kier alpha value is -1.04. The maximum Gasteiger partial charge on any atom is -0.00618 e. The maximum absolute atomic E-state index is 2.39. The SMILES string of the molecule is CCC1CC(C)C(Cc2ccccc2)=C1C. The van der Waals surface area contributed by atoms with E-state index in [1.54, 1.807) is 11.1 Å². The largest absolute Gasteiger partial charge is 0.0704 e. The van der Waals surface area contributed by atoms with Crippen LogP contribution in [0.3, 0.4) is 0 Å². The fraction of sp³-hybridized carbons (Fsp3) is 0.500.